The van der Waals surface area contributed by atoms with Crippen molar-refractivity contribution in [3.63, 3.8) is 0 Å². The second-order valence-electron chi connectivity index (χ2n) is 3.73. The topological polar surface area (TPSA) is 28.7 Å². The summed E-state index contributed by atoms with van der Waals surface area (Å²) in [6.45, 7) is 1.85. The molecule has 2 rings (SSSR count). The Balaban J connectivity index is 0.00000180. The summed E-state index contributed by atoms with van der Waals surface area (Å²) in [5.41, 5.74) is 3.58. The minimum atomic E-state index is -2.09. The van der Waals surface area contributed by atoms with E-state index in [1.807, 2.05) is 32.0 Å². The standard InChI is InChI=1S/C13H16N2.ClH/c1-9-5-4-6-12(10(9)2)11(3)13-7-14-8-15-13;/h4-8,11H,1-3H3,(H,14,15);1H/i3+1D3;. The fourth-order valence-corrected chi connectivity index (χ4v) is 1.68. The Morgan fingerprint density at radius 1 is 1.38 bits per heavy atom. The number of nitrogens with one attached hydrogen (secondary N) is 1. The lowest BCUT2D eigenvalue weighted by atomic mass is 9.95. The van der Waals surface area contributed by atoms with Crippen molar-refractivity contribution in [2.45, 2.75) is 26.6 Å². The Morgan fingerprint density at radius 2 is 2.19 bits per heavy atom. The van der Waals surface area contributed by atoms with Crippen LogP contribution in [0.4, 0.5) is 0 Å². The number of hydrogen-bond acceptors (Lipinski definition) is 1. The normalized spacial score (nSPS) is 15.5. The molecule has 2 aromatic rings. The van der Waals surface area contributed by atoms with Gasteiger partial charge in [0, 0.05) is 21.9 Å². The van der Waals surface area contributed by atoms with Gasteiger partial charge in [-0.3, -0.25) is 0 Å². The van der Waals surface area contributed by atoms with Crippen molar-refractivity contribution in [2.24, 2.45) is 0 Å². The highest BCUT2D eigenvalue weighted by atomic mass is 35.5. The molecule has 0 aliphatic rings. The maximum absolute atomic E-state index is 7.76. The van der Waals surface area contributed by atoms with Gasteiger partial charge < -0.3 is 4.98 Å². The van der Waals surface area contributed by atoms with E-state index in [-0.39, 0.29) is 12.4 Å². The maximum atomic E-state index is 7.76. The Morgan fingerprint density at radius 3 is 2.81 bits per heavy atom. The number of aromatic amines is 1. The first kappa shape index (κ1) is 8.82. The quantitative estimate of drug-likeness (QED) is 0.799. The average molecular weight is 241 g/mol. The molecule has 0 saturated carbocycles. The van der Waals surface area contributed by atoms with Crippen molar-refractivity contribution >= 4 is 12.4 Å². The molecule has 0 radical (unpaired) electrons. The number of benzene rings is 1. The monoisotopic (exact) mass is 240 g/mol. The van der Waals surface area contributed by atoms with E-state index in [1.54, 1.807) is 6.20 Å². The Hall–Kier alpha value is -1.28. The molecule has 0 aliphatic carbocycles. The highest BCUT2D eigenvalue weighted by Gasteiger charge is 2.12. The molecule has 1 aromatic carbocycles. The summed E-state index contributed by atoms with van der Waals surface area (Å²) in [6.07, 6.45) is 3.10. The molecule has 1 atom stereocenters. The molecule has 0 fully saturated rings. The number of hydrogen-bond donors (Lipinski definition) is 1. The first-order valence-corrected chi connectivity index (χ1v) is 4.95. The number of rotatable bonds is 2. The van der Waals surface area contributed by atoms with Crippen molar-refractivity contribution in [1.82, 2.24) is 9.97 Å². The number of H-pyrrole nitrogens is 1. The molecular weight excluding hydrogens is 221 g/mol. The van der Waals surface area contributed by atoms with Crippen LogP contribution < -0.4 is 0 Å². The van der Waals surface area contributed by atoms with E-state index in [0.717, 1.165) is 16.7 Å². The largest absolute Gasteiger partial charge is 0.348 e. The molecule has 0 aliphatic heterocycles. The van der Waals surface area contributed by atoms with Crippen LogP contribution in [0.25, 0.3) is 0 Å². The van der Waals surface area contributed by atoms with Crippen LogP contribution in [-0.4, -0.2) is 9.97 Å². The molecular formula is C13H17ClN2. The van der Waals surface area contributed by atoms with Crippen LogP contribution in [0.2, 0.25) is 0 Å². The van der Waals surface area contributed by atoms with Gasteiger partial charge in [0.2, 0.25) is 0 Å². The summed E-state index contributed by atoms with van der Waals surface area (Å²) in [4.78, 5) is 6.85. The number of imidazole rings is 1. The van der Waals surface area contributed by atoms with Gasteiger partial charge in [0.1, 0.15) is 0 Å². The molecule has 3 heteroatoms. The van der Waals surface area contributed by atoms with Crippen LogP contribution in [0.15, 0.2) is 30.7 Å². The fourth-order valence-electron chi connectivity index (χ4n) is 1.68. The first-order chi connectivity index (χ1) is 8.41. The minimum absolute atomic E-state index is 0. The molecule has 0 bridgehead atoms. The van der Waals surface area contributed by atoms with Crippen molar-refractivity contribution in [2.75, 3.05) is 0 Å². The van der Waals surface area contributed by atoms with Gasteiger partial charge in [0.15, 0.2) is 0 Å². The minimum Gasteiger partial charge on any atom is -0.348 e. The summed E-state index contributed by atoms with van der Waals surface area (Å²) >= 11 is 0. The SMILES string of the molecule is Cl.[2H][13C]([2H])([2H])C(c1cnc[nH]1)c1cccc(C)c1C. The molecule has 0 amide bonds. The zero-order valence-corrected chi connectivity index (χ0v) is 10.1. The van der Waals surface area contributed by atoms with E-state index in [2.05, 4.69) is 9.97 Å². The molecule has 2 nitrogen and oxygen atoms in total. The molecule has 1 N–H and O–H groups in total. The predicted octanol–water partition coefficient (Wildman–Crippen LogP) is 3.60. The molecule has 0 saturated heterocycles. The van der Waals surface area contributed by atoms with Crippen LogP contribution in [-0.2, 0) is 0 Å². The fraction of sp³-hybridized carbons (Fsp3) is 0.308. The lowest BCUT2D eigenvalue weighted by Crippen LogP contribution is -2.00. The zero-order valence-electron chi connectivity index (χ0n) is 12.3. The van der Waals surface area contributed by atoms with E-state index >= 15 is 0 Å². The second-order valence-corrected chi connectivity index (χ2v) is 3.73. The lowest BCUT2D eigenvalue weighted by molar-refractivity contribution is 0.871. The van der Waals surface area contributed by atoms with Gasteiger partial charge in [-0.05, 0) is 30.5 Å². The van der Waals surface area contributed by atoms with Crippen LogP contribution in [0.5, 0.6) is 0 Å². The van der Waals surface area contributed by atoms with E-state index in [4.69, 9.17) is 4.11 Å². The molecule has 0 spiro atoms. The van der Waals surface area contributed by atoms with E-state index in [1.165, 1.54) is 6.33 Å². The van der Waals surface area contributed by atoms with Gasteiger partial charge in [0.05, 0.1) is 6.33 Å². The molecule has 1 unspecified atom stereocenters. The molecule has 86 valence electrons. The molecule has 1 heterocycles. The average Bonchev–Trinajstić information content (AvgIpc) is 2.76. The highest BCUT2D eigenvalue weighted by molar-refractivity contribution is 5.85. The number of aromatic nitrogens is 2. The van der Waals surface area contributed by atoms with Gasteiger partial charge in [-0.2, -0.15) is 0 Å². The number of aryl methyl sites for hydroxylation is 1. The smallest absolute Gasteiger partial charge is 0.0921 e. The highest BCUT2D eigenvalue weighted by Crippen LogP contribution is 2.26. The summed E-state index contributed by atoms with van der Waals surface area (Å²) in [7, 11) is 0. The van der Waals surface area contributed by atoms with Crippen molar-refractivity contribution < 1.29 is 4.11 Å². The third-order valence-corrected chi connectivity index (χ3v) is 2.79. The van der Waals surface area contributed by atoms with Gasteiger partial charge in [-0.1, -0.05) is 25.1 Å². The second kappa shape index (κ2) is 5.17. The van der Waals surface area contributed by atoms with Crippen molar-refractivity contribution in [3.05, 3.63) is 53.1 Å². The van der Waals surface area contributed by atoms with Gasteiger partial charge in [0.25, 0.3) is 0 Å². The van der Waals surface area contributed by atoms with E-state index < -0.39 is 12.8 Å². The molecule has 1 aromatic heterocycles. The van der Waals surface area contributed by atoms with Crippen LogP contribution in [0.3, 0.4) is 0 Å². The van der Waals surface area contributed by atoms with Gasteiger partial charge >= 0.3 is 0 Å². The Labute approximate surface area is 107 Å². The summed E-state index contributed by atoms with van der Waals surface area (Å²) in [5.74, 6) is -0.653. The van der Waals surface area contributed by atoms with Crippen LogP contribution in [0.1, 0.15) is 39.3 Å². The molecule has 16 heavy (non-hydrogen) atoms. The third-order valence-electron chi connectivity index (χ3n) is 2.79. The Bertz CT molecular complexity index is 535. The zero-order chi connectivity index (χ0) is 13.3. The third kappa shape index (κ3) is 2.27. The van der Waals surface area contributed by atoms with Gasteiger partial charge in [-0.25, -0.2) is 4.98 Å². The van der Waals surface area contributed by atoms with E-state index in [0.29, 0.717) is 5.69 Å². The van der Waals surface area contributed by atoms with Crippen molar-refractivity contribution in [3.8, 4) is 0 Å². The maximum Gasteiger partial charge on any atom is 0.0921 e. The lowest BCUT2D eigenvalue weighted by Gasteiger charge is -2.14. The van der Waals surface area contributed by atoms with E-state index in [9.17, 15) is 0 Å². The van der Waals surface area contributed by atoms with Gasteiger partial charge in [-0.15, -0.1) is 12.4 Å². The van der Waals surface area contributed by atoms with Crippen LogP contribution >= 0.6 is 12.4 Å². The summed E-state index contributed by atoms with van der Waals surface area (Å²) in [6, 6.07) is 5.76. The summed E-state index contributed by atoms with van der Waals surface area (Å²) < 4.78 is 23.3. The van der Waals surface area contributed by atoms with Crippen LogP contribution in [0, 0.1) is 13.8 Å². The van der Waals surface area contributed by atoms with Crippen molar-refractivity contribution in [1.29, 1.82) is 0 Å². The Kier molecular flexibility index (Phi) is 2.85. The predicted molar refractivity (Wildman–Crippen MR) is 69.3 cm³/mol. The first-order valence-electron chi connectivity index (χ1n) is 6.45. The number of nitrogens with zero attached hydrogens (tertiary/aromatic N) is 1. The number of halogens is 1. The summed E-state index contributed by atoms with van der Waals surface area (Å²) in [5, 5.41) is 0.